The van der Waals surface area contributed by atoms with E-state index in [0.29, 0.717) is 11.5 Å². The van der Waals surface area contributed by atoms with Gasteiger partial charge in [-0.15, -0.1) is 0 Å². The molecule has 0 radical (unpaired) electrons. The molecule has 1 aromatic heterocycles. The molecule has 3 rings (SSSR count). The van der Waals surface area contributed by atoms with Gasteiger partial charge in [-0.3, -0.25) is 4.79 Å². The minimum Gasteiger partial charge on any atom is -0.338 e. The van der Waals surface area contributed by atoms with Crippen LogP contribution in [0.3, 0.4) is 0 Å². The van der Waals surface area contributed by atoms with Gasteiger partial charge in [0.15, 0.2) is 0 Å². The summed E-state index contributed by atoms with van der Waals surface area (Å²) in [5, 5.41) is 0.757. The van der Waals surface area contributed by atoms with Crippen LogP contribution in [0.5, 0.6) is 0 Å². The van der Waals surface area contributed by atoms with Gasteiger partial charge < -0.3 is 4.90 Å². The van der Waals surface area contributed by atoms with E-state index in [-0.39, 0.29) is 5.91 Å². The Labute approximate surface area is 141 Å². The van der Waals surface area contributed by atoms with E-state index in [1.165, 1.54) is 5.56 Å². The molecule has 2 heterocycles. The zero-order valence-corrected chi connectivity index (χ0v) is 14.0. The van der Waals surface area contributed by atoms with Gasteiger partial charge in [-0.2, -0.15) is 0 Å². The van der Waals surface area contributed by atoms with Gasteiger partial charge in [0.2, 0.25) is 0 Å². The number of aryl methyl sites for hydroxylation is 1. The van der Waals surface area contributed by atoms with Crippen molar-refractivity contribution in [2.24, 2.45) is 5.92 Å². The van der Waals surface area contributed by atoms with Crippen LogP contribution in [0.2, 0.25) is 5.02 Å². The molecule has 23 heavy (non-hydrogen) atoms. The summed E-state index contributed by atoms with van der Waals surface area (Å²) < 4.78 is 0. The summed E-state index contributed by atoms with van der Waals surface area (Å²) in [7, 11) is 0. The lowest BCUT2D eigenvalue weighted by Gasteiger charge is -2.16. The minimum absolute atomic E-state index is 0.0336. The molecule has 0 spiro atoms. The van der Waals surface area contributed by atoms with Crippen molar-refractivity contribution in [3.8, 4) is 0 Å². The third kappa shape index (κ3) is 3.88. The highest BCUT2D eigenvalue weighted by atomic mass is 35.5. The molecule has 1 aliphatic heterocycles. The zero-order valence-electron chi connectivity index (χ0n) is 13.2. The lowest BCUT2D eigenvalue weighted by atomic mass is 9.99. The number of likely N-dealkylation sites (tertiary alicyclic amines) is 1. The first-order valence-electron chi connectivity index (χ1n) is 8.00. The standard InChI is InChI=1S/C18H20ClN3O/c1-2-17-20-10-15(11-21-17)18(23)22-8-7-14(12-22)9-13-3-5-16(19)6-4-13/h3-6,10-11,14H,2,7-9,12H2,1H3. The van der Waals surface area contributed by atoms with E-state index >= 15 is 0 Å². The minimum atomic E-state index is 0.0336. The maximum Gasteiger partial charge on any atom is 0.256 e. The molecule has 5 heteroatoms. The van der Waals surface area contributed by atoms with Gasteiger partial charge in [-0.25, -0.2) is 9.97 Å². The predicted octanol–water partition coefficient (Wildman–Crippen LogP) is 3.40. The second-order valence-corrected chi connectivity index (χ2v) is 6.41. The number of halogens is 1. The van der Waals surface area contributed by atoms with Crippen LogP contribution in [0.25, 0.3) is 0 Å². The third-order valence-electron chi connectivity index (χ3n) is 4.28. The molecule has 0 aliphatic carbocycles. The third-order valence-corrected chi connectivity index (χ3v) is 4.53. The lowest BCUT2D eigenvalue weighted by molar-refractivity contribution is 0.0786. The molecule has 1 amide bonds. The molecule has 2 aromatic rings. The average Bonchev–Trinajstić information content (AvgIpc) is 3.05. The monoisotopic (exact) mass is 329 g/mol. The van der Waals surface area contributed by atoms with Crippen LogP contribution in [0.1, 0.15) is 35.1 Å². The summed E-state index contributed by atoms with van der Waals surface area (Å²) in [6, 6.07) is 7.96. The lowest BCUT2D eigenvalue weighted by Crippen LogP contribution is -2.29. The van der Waals surface area contributed by atoms with E-state index in [1.54, 1.807) is 12.4 Å². The van der Waals surface area contributed by atoms with Crippen molar-refractivity contribution in [2.45, 2.75) is 26.2 Å². The van der Waals surface area contributed by atoms with E-state index in [1.807, 2.05) is 24.0 Å². The maximum atomic E-state index is 12.5. The zero-order chi connectivity index (χ0) is 16.2. The fourth-order valence-corrected chi connectivity index (χ4v) is 3.09. The number of nitrogens with zero attached hydrogens (tertiary/aromatic N) is 3. The molecule has 1 aromatic carbocycles. The topological polar surface area (TPSA) is 46.1 Å². The van der Waals surface area contributed by atoms with Gasteiger partial charge in [0, 0.05) is 36.9 Å². The van der Waals surface area contributed by atoms with Gasteiger partial charge in [-0.1, -0.05) is 30.7 Å². The molecule has 1 atom stereocenters. The highest BCUT2D eigenvalue weighted by molar-refractivity contribution is 6.30. The van der Waals surface area contributed by atoms with Gasteiger partial charge in [0.05, 0.1) is 5.56 Å². The van der Waals surface area contributed by atoms with Crippen molar-refractivity contribution >= 4 is 17.5 Å². The summed E-state index contributed by atoms with van der Waals surface area (Å²) in [6.45, 7) is 3.59. The number of carbonyl (C=O) groups excluding carboxylic acids is 1. The Morgan fingerprint density at radius 3 is 2.61 bits per heavy atom. The van der Waals surface area contributed by atoms with E-state index in [4.69, 9.17) is 11.6 Å². The molecule has 1 aliphatic rings. The number of carbonyl (C=O) groups is 1. The number of hydrogen-bond acceptors (Lipinski definition) is 3. The van der Waals surface area contributed by atoms with Gasteiger partial charge in [0.25, 0.3) is 5.91 Å². The second-order valence-electron chi connectivity index (χ2n) is 5.98. The highest BCUT2D eigenvalue weighted by Crippen LogP contribution is 2.23. The van der Waals surface area contributed by atoms with Crippen molar-refractivity contribution in [1.29, 1.82) is 0 Å². The van der Waals surface area contributed by atoms with Gasteiger partial charge in [-0.05, 0) is 36.5 Å². The van der Waals surface area contributed by atoms with Crippen molar-refractivity contribution in [3.63, 3.8) is 0 Å². The maximum absolute atomic E-state index is 12.5. The number of hydrogen-bond donors (Lipinski definition) is 0. The molecule has 0 saturated carbocycles. The van der Waals surface area contributed by atoms with Crippen molar-refractivity contribution in [3.05, 3.63) is 58.6 Å². The highest BCUT2D eigenvalue weighted by Gasteiger charge is 2.27. The normalized spacial score (nSPS) is 17.5. The molecule has 4 nitrogen and oxygen atoms in total. The fourth-order valence-electron chi connectivity index (χ4n) is 2.97. The van der Waals surface area contributed by atoms with Crippen molar-refractivity contribution in [1.82, 2.24) is 14.9 Å². The molecule has 120 valence electrons. The summed E-state index contributed by atoms with van der Waals surface area (Å²) in [5.41, 5.74) is 1.85. The SMILES string of the molecule is CCc1ncc(C(=O)N2CCC(Cc3ccc(Cl)cc3)C2)cn1. The first-order valence-corrected chi connectivity index (χ1v) is 8.38. The quantitative estimate of drug-likeness (QED) is 0.863. The molecule has 1 unspecified atom stereocenters. The molecule has 0 N–H and O–H groups in total. The van der Waals surface area contributed by atoms with E-state index < -0.39 is 0 Å². The Hall–Kier alpha value is -1.94. The van der Waals surface area contributed by atoms with Crippen LogP contribution in [0.15, 0.2) is 36.7 Å². The summed E-state index contributed by atoms with van der Waals surface area (Å²) in [6.07, 6.45) is 6.07. The Balaban J connectivity index is 1.60. The first kappa shape index (κ1) is 15.9. The molecule has 1 fully saturated rings. The molecule has 0 bridgehead atoms. The Morgan fingerprint density at radius 2 is 1.96 bits per heavy atom. The molecular weight excluding hydrogens is 310 g/mol. The van der Waals surface area contributed by atoms with E-state index in [0.717, 1.165) is 43.2 Å². The van der Waals surface area contributed by atoms with E-state index in [9.17, 15) is 4.79 Å². The number of aromatic nitrogens is 2. The Bertz CT molecular complexity index is 670. The smallest absolute Gasteiger partial charge is 0.256 e. The van der Waals surface area contributed by atoms with Crippen LogP contribution in [-0.2, 0) is 12.8 Å². The number of benzene rings is 1. The molecular formula is C18H20ClN3O. The summed E-state index contributed by atoms with van der Waals surface area (Å²) in [5.74, 6) is 1.30. The number of amides is 1. The van der Waals surface area contributed by atoms with Crippen molar-refractivity contribution < 1.29 is 4.79 Å². The Morgan fingerprint density at radius 1 is 1.26 bits per heavy atom. The van der Waals surface area contributed by atoms with Crippen LogP contribution < -0.4 is 0 Å². The average molecular weight is 330 g/mol. The van der Waals surface area contributed by atoms with Crippen LogP contribution >= 0.6 is 11.6 Å². The van der Waals surface area contributed by atoms with E-state index in [2.05, 4.69) is 22.1 Å². The second kappa shape index (κ2) is 7.09. The summed E-state index contributed by atoms with van der Waals surface area (Å²) >= 11 is 5.92. The first-order chi connectivity index (χ1) is 11.2. The molecule has 1 saturated heterocycles. The van der Waals surface area contributed by atoms with Crippen LogP contribution in [0.4, 0.5) is 0 Å². The predicted molar refractivity (Wildman–Crippen MR) is 90.6 cm³/mol. The van der Waals surface area contributed by atoms with Crippen LogP contribution in [0, 0.1) is 5.92 Å². The van der Waals surface area contributed by atoms with Gasteiger partial charge >= 0.3 is 0 Å². The van der Waals surface area contributed by atoms with Crippen molar-refractivity contribution in [2.75, 3.05) is 13.1 Å². The van der Waals surface area contributed by atoms with Crippen LogP contribution in [-0.4, -0.2) is 33.9 Å². The fraction of sp³-hybridized carbons (Fsp3) is 0.389. The summed E-state index contributed by atoms with van der Waals surface area (Å²) in [4.78, 5) is 22.9. The Kier molecular flexibility index (Phi) is 4.91. The largest absolute Gasteiger partial charge is 0.338 e. The van der Waals surface area contributed by atoms with Gasteiger partial charge in [0.1, 0.15) is 5.82 Å². The number of rotatable bonds is 4.